The molecule has 0 spiro atoms. The van der Waals surface area contributed by atoms with E-state index in [4.69, 9.17) is 10.5 Å². The zero-order valence-electron chi connectivity index (χ0n) is 10.4. The van der Waals surface area contributed by atoms with Crippen molar-refractivity contribution in [1.29, 1.82) is 0 Å². The van der Waals surface area contributed by atoms with Gasteiger partial charge in [0.1, 0.15) is 0 Å². The molecule has 0 aliphatic heterocycles. The number of benzene rings is 1. The molecule has 1 aromatic heterocycles. The number of hydrogen-bond donors (Lipinski definition) is 1. The molecule has 1 heterocycles. The van der Waals surface area contributed by atoms with Gasteiger partial charge in [0.2, 0.25) is 5.88 Å². The van der Waals surface area contributed by atoms with E-state index in [1.165, 1.54) is 30.5 Å². The highest BCUT2D eigenvalue weighted by atomic mass is 19.4. The molecule has 0 fully saturated rings. The van der Waals surface area contributed by atoms with Crippen LogP contribution in [-0.4, -0.2) is 11.3 Å². The van der Waals surface area contributed by atoms with Crippen LogP contribution in [-0.2, 0) is 0 Å². The molecule has 20 heavy (non-hydrogen) atoms. The van der Waals surface area contributed by atoms with Crippen molar-refractivity contribution in [3.63, 3.8) is 0 Å². The smallest absolute Gasteiger partial charge is 0.435 e. The quantitative estimate of drug-likeness (QED) is 0.934. The number of anilines is 1. The lowest BCUT2D eigenvalue weighted by molar-refractivity contribution is -0.275. The normalized spacial score (nSPS) is 11.2. The van der Waals surface area contributed by atoms with Crippen molar-refractivity contribution in [2.45, 2.75) is 13.3 Å². The lowest BCUT2D eigenvalue weighted by Crippen LogP contribution is -2.17. The van der Waals surface area contributed by atoms with E-state index < -0.39 is 12.1 Å². The minimum Gasteiger partial charge on any atom is -0.435 e. The van der Waals surface area contributed by atoms with Gasteiger partial charge in [-0.15, -0.1) is 13.2 Å². The molecule has 2 aromatic rings. The molecule has 0 aliphatic carbocycles. The first-order chi connectivity index (χ1) is 9.35. The van der Waals surface area contributed by atoms with E-state index in [9.17, 15) is 13.2 Å². The van der Waals surface area contributed by atoms with Gasteiger partial charge in [0.15, 0.2) is 11.5 Å². The van der Waals surface area contributed by atoms with E-state index in [0.29, 0.717) is 5.69 Å². The first kappa shape index (κ1) is 14.0. The molecular formula is C13H11F3N2O2. The number of nitrogens with zero attached hydrogens (tertiary/aromatic N) is 1. The lowest BCUT2D eigenvalue weighted by atomic mass is 10.2. The molecule has 4 nitrogen and oxygen atoms in total. The summed E-state index contributed by atoms with van der Waals surface area (Å²) in [4.78, 5) is 3.93. The highest BCUT2D eigenvalue weighted by molar-refractivity contribution is 5.49. The van der Waals surface area contributed by atoms with Crippen molar-refractivity contribution >= 4 is 5.69 Å². The Labute approximate surface area is 113 Å². The second-order valence-electron chi connectivity index (χ2n) is 3.98. The van der Waals surface area contributed by atoms with Crippen LogP contribution in [0.1, 0.15) is 5.56 Å². The van der Waals surface area contributed by atoms with Crippen LogP contribution in [0.2, 0.25) is 0 Å². The number of halogens is 3. The van der Waals surface area contributed by atoms with Gasteiger partial charge in [0, 0.05) is 18.0 Å². The number of aromatic nitrogens is 1. The molecule has 0 atom stereocenters. The molecule has 106 valence electrons. The Kier molecular flexibility index (Phi) is 3.69. The van der Waals surface area contributed by atoms with Crippen LogP contribution < -0.4 is 15.2 Å². The van der Waals surface area contributed by atoms with Gasteiger partial charge in [0.05, 0.1) is 0 Å². The Morgan fingerprint density at radius 1 is 1.15 bits per heavy atom. The minimum absolute atomic E-state index is 0.0892. The SMILES string of the molecule is Cc1cnc(Oc2ccccc2OC(F)(F)F)cc1N. The largest absolute Gasteiger partial charge is 0.573 e. The number of ether oxygens (including phenoxy) is 2. The van der Waals surface area contributed by atoms with E-state index in [1.807, 2.05) is 0 Å². The number of pyridine rings is 1. The fourth-order valence-electron chi connectivity index (χ4n) is 1.43. The zero-order valence-corrected chi connectivity index (χ0v) is 10.4. The highest BCUT2D eigenvalue weighted by Gasteiger charge is 2.32. The van der Waals surface area contributed by atoms with Crippen LogP contribution in [0.15, 0.2) is 36.5 Å². The maximum absolute atomic E-state index is 12.3. The van der Waals surface area contributed by atoms with E-state index in [0.717, 1.165) is 11.6 Å². The number of nitrogens with two attached hydrogens (primary N) is 1. The maximum Gasteiger partial charge on any atom is 0.573 e. The van der Waals surface area contributed by atoms with Gasteiger partial charge < -0.3 is 15.2 Å². The van der Waals surface area contributed by atoms with Crippen LogP contribution in [0.4, 0.5) is 18.9 Å². The minimum atomic E-state index is -4.79. The van der Waals surface area contributed by atoms with Gasteiger partial charge in [-0.25, -0.2) is 4.98 Å². The molecule has 7 heteroatoms. The summed E-state index contributed by atoms with van der Waals surface area (Å²) >= 11 is 0. The first-order valence-corrected chi connectivity index (χ1v) is 5.60. The molecule has 0 bridgehead atoms. The molecule has 0 aliphatic rings. The Morgan fingerprint density at radius 2 is 1.80 bits per heavy atom. The summed E-state index contributed by atoms with van der Waals surface area (Å²) < 4.78 is 45.9. The average Bonchev–Trinajstić information content (AvgIpc) is 2.34. The number of aryl methyl sites for hydroxylation is 1. The second-order valence-corrected chi connectivity index (χ2v) is 3.98. The van der Waals surface area contributed by atoms with Crippen LogP contribution in [0, 0.1) is 6.92 Å². The highest BCUT2D eigenvalue weighted by Crippen LogP contribution is 2.34. The van der Waals surface area contributed by atoms with Crippen LogP contribution >= 0.6 is 0 Å². The van der Waals surface area contributed by atoms with Crippen molar-refractivity contribution in [3.05, 3.63) is 42.1 Å². The van der Waals surface area contributed by atoms with Gasteiger partial charge in [-0.3, -0.25) is 0 Å². The van der Waals surface area contributed by atoms with E-state index in [-0.39, 0.29) is 11.6 Å². The summed E-state index contributed by atoms with van der Waals surface area (Å²) in [5.74, 6) is -0.451. The molecule has 2 N–H and O–H groups in total. The standard InChI is InChI=1S/C13H11F3N2O2/c1-8-7-18-12(6-9(8)17)19-10-4-2-3-5-11(10)20-13(14,15)16/h2-7H,1H3,(H2,17,18). The number of rotatable bonds is 3. The predicted molar refractivity (Wildman–Crippen MR) is 66.6 cm³/mol. The molecular weight excluding hydrogens is 273 g/mol. The monoisotopic (exact) mass is 284 g/mol. The van der Waals surface area contributed by atoms with Crippen molar-refractivity contribution in [2.24, 2.45) is 0 Å². The molecule has 0 saturated carbocycles. The third kappa shape index (κ3) is 3.53. The fraction of sp³-hybridized carbons (Fsp3) is 0.154. The summed E-state index contributed by atoms with van der Waals surface area (Å²) in [5, 5.41) is 0. The summed E-state index contributed by atoms with van der Waals surface area (Å²) in [5.41, 5.74) is 6.86. The average molecular weight is 284 g/mol. The van der Waals surface area contributed by atoms with E-state index >= 15 is 0 Å². The number of para-hydroxylation sites is 2. The Bertz CT molecular complexity index is 615. The molecule has 1 aromatic carbocycles. The van der Waals surface area contributed by atoms with Gasteiger partial charge in [-0.1, -0.05) is 12.1 Å². The topological polar surface area (TPSA) is 57.4 Å². The van der Waals surface area contributed by atoms with Crippen molar-refractivity contribution in [1.82, 2.24) is 4.98 Å². The van der Waals surface area contributed by atoms with Crippen molar-refractivity contribution in [3.8, 4) is 17.4 Å². The fourth-order valence-corrected chi connectivity index (χ4v) is 1.43. The van der Waals surface area contributed by atoms with Crippen LogP contribution in [0.5, 0.6) is 17.4 Å². The summed E-state index contributed by atoms with van der Waals surface area (Å²) in [6.45, 7) is 1.76. The van der Waals surface area contributed by atoms with Gasteiger partial charge >= 0.3 is 6.36 Å². The Balaban J connectivity index is 2.27. The van der Waals surface area contributed by atoms with E-state index in [2.05, 4.69) is 9.72 Å². The van der Waals surface area contributed by atoms with Crippen molar-refractivity contribution < 1.29 is 22.6 Å². The number of alkyl halides is 3. The number of hydrogen-bond acceptors (Lipinski definition) is 4. The summed E-state index contributed by atoms with van der Waals surface area (Å²) in [6.07, 6.45) is -3.32. The third-order valence-electron chi connectivity index (χ3n) is 2.41. The van der Waals surface area contributed by atoms with Crippen LogP contribution in [0.3, 0.4) is 0 Å². The molecule has 0 radical (unpaired) electrons. The Hall–Kier alpha value is -2.44. The molecule has 0 saturated heterocycles. The summed E-state index contributed by atoms with van der Waals surface area (Å²) in [7, 11) is 0. The zero-order chi connectivity index (χ0) is 14.8. The Morgan fingerprint density at radius 3 is 2.40 bits per heavy atom. The summed E-state index contributed by atoms with van der Waals surface area (Å²) in [6, 6.07) is 6.86. The third-order valence-corrected chi connectivity index (χ3v) is 2.41. The second kappa shape index (κ2) is 5.28. The van der Waals surface area contributed by atoms with Crippen molar-refractivity contribution in [2.75, 3.05) is 5.73 Å². The maximum atomic E-state index is 12.3. The van der Waals surface area contributed by atoms with Gasteiger partial charge in [0.25, 0.3) is 0 Å². The van der Waals surface area contributed by atoms with E-state index in [1.54, 1.807) is 6.92 Å². The lowest BCUT2D eigenvalue weighted by Gasteiger charge is -2.13. The number of nitrogen functional groups attached to an aromatic ring is 1. The molecule has 0 unspecified atom stereocenters. The molecule has 0 amide bonds. The first-order valence-electron chi connectivity index (χ1n) is 5.60. The van der Waals surface area contributed by atoms with Gasteiger partial charge in [-0.2, -0.15) is 0 Å². The molecule has 2 rings (SSSR count). The predicted octanol–water partition coefficient (Wildman–Crippen LogP) is 3.66. The van der Waals surface area contributed by atoms with Gasteiger partial charge in [-0.05, 0) is 24.6 Å². The van der Waals surface area contributed by atoms with Crippen LogP contribution in [0.25, 0.3) is 0 Å².